The van der Waals surface area contributed by atoms with E-state index < -0.39 is 10.0 Å². The zero-order chi connectivity index (χ0) is 11.3. The summed E-state index contributed by atoms with van der Waals surface area (Å²) >= 11 is 0. The second-order valence-corrected chi connectivity index (χ2v) is 5.99. The summed E-state index contributed by atoms with van der Waals surface area (Å²) in [4.78, 5) is 0. The Morgan fingerprint density at radius 3 is 2.53 bits per heavy atom. The maximum absolute atomic E-state index is 11.9. The lowest BCUT2D eigenvalue weighted by Crippen LogP contribution is -2.37. The monoisotopic (exact) mass is 236 g/mol. The fraction of sp³-hybridized carbons (Fsp3) is 1.00. The Morgan fingerprint density at radius 2 is 2.07 bits per heavy atom. The van der Waals surface area contributed by atoms with Crippen LogP contribution >= 0.6 is 0 Å². The Labute approximate surface area is 91.6 Å². The van der Waals surface area contributed by atoms with Gasteiger partial charge < -0.3 is 10.5 Å². The predicted molar refractivity (Wildman–Crippen MR) is 59.1 cm³/mol. The maximum atomic E-state index is 11.9. The first-order valence-electron chi connectivity index (χ1n) is 5.31. The van der Waals surface area contributed by atoms with Crippen LogP contribution in [0.5, 0.6) is 0 Å². The van der Waals surface area contributed by atoms with Gasteiger partial charge in [-0.25, -0.2) is 8.42 Å². The third kappa shape index (κ3) is 3.71. The Bertz CT molecular complexity index is 267. The Balaban J connectivity index is 2.53. The molecule has 0 amide bonds. The quantitative estimate of drug-likeness (QED) is 0.632. The van der Waals surface area contributed by atoms with E-state index in [2.05, 4.69) is 0 Å². The smallest absolute Gasteiger partial charge is 0.217 e. The number of hydrogen-bond acceptors (Lipinski definition) is 4. The van der Waals surface area contributed by atoms with E-state index >= 15 is 0 Å². The molecule has 1 rings (SSSR count). The molecular formula is C9H20N2O3S. The predicted octanol–water partition coefficient (Wildman–Crippen LogP) is -0.224. The van der Waals surface area contributed by atoms with Crippen LogP contribution in [0.4, 0.5) is 0 Å². The highest BCUT2D eigenvalue weighted by atomic mass is 32.2. The van der Waals surface area contributed by atoms with E-state index in [1.165, 1.54) is 4.31 Å². The average molecular weight is 236 g/mol. The van der Waals surface area contributed by atoms with Crippen LogP contribution in [-0.4, -0.2) is 51.3 Å². The van der Waals surface area contributed by atoms with Gasteiger partial charge >= 0.3 is 0 Å². The summed E-state index contributed by atoms with van der Waals surface area (Å²) in [5, 5.41) is -0.146. The fourth-order valence-electron chi connectivity index (χ4n) is 1.40. The van der Waals surface area contributed by atoms with Gasteiger partial charge in [-0.3, -0.25) is 0 Å². The van der Waals surface area contributed by atoms with Crippen molar-refractivity contribution in [2.45, 2.75) is 24.5 Å². The van der Waals surface area contributed by atoms with Crippen LogP contribution in [-0.2, 0) is 14.8 Å². The average Bonchev–Trinajstić information content (AvgIpc) is 3.01. The number of ether oxygens (including phenoxy) is 1. The molecular weight excluding hydrogens is 216 g/mol. The molecule has 1 saturated carbocycles. The standard InChI is InChI=1S/C9H20N2O3S/c1-14-8-7-11(6-2-5-10)15(12,13)9-3-4-9/h9H,2-8,10H2,1H3. The highest BCUT2D eigenvalue weighted by Crippen LogP contribution is 2.30. The van der Waals surface area contributed by atoms with E-state index in [9.17, 15) is 8.42 Å². The number of rotatable bonds is 8. The van der Waals surface area contributed by atoms with Crippen LogP contribution < -0.4 is 5.73 Å². The van der Waals surface area contributed by atoms with Gasteiger partial charge in [-0.1, -0.05) is 0 Å². The molecule has 0 spiro atoms. The molecule has 1 aliphatic carbocycles. The van der Waals surface area contributed by atoms with Crippen molar-refractivity contribution in [2.75, 3.05) is 33.4 Å². The molecule has 0 saturated heterocycles. The first-order valence-corrected chi connectivity index (χ1v) is 6.81. The first-order chi connectivity index (χ1) is 7.12. The molecule has 15 heavy (non-hydrogen) atoms. The second kappa shape index (κ2) is 5.79. The highest BCUT2D eigenvalue weighted by molar-refractivity contribution is 7.90. The zero-order valence-electron chi connectivity index (χ0n) is 9.18. The first kappa shape index (κ1) is 12.9. The Morgan fingerprint density at radius 1 is 1.40 bits per heavy atom. The Hall–Kier alpha value is -0.170. The summed E-state index contributed by atoms with van der Waals surface area (Å²) in [5.41, 5.74) is 5.39. The number of hydrogen-bond donors (Lipinski definition) is 1. The van der Waals surface area contributed by atoms with E-state index in [1.54, 1.807) is 7.11 Å². The minimum absolute atomic E-state index is 0.146. The minimum atomic E-state index is -3.07. The minimum Gasteiger partial charge on any atom is -0.383 e. The highest BCUT2D eigenvalue weighted by Gasteiger charge is 2.39. The Kier molecular flexibility index (Phi) is 4.98. The van der Waals surface area contributed by atoms with Gasteiger partial charge in [0.2, 0.25) is 10.0 Å². The molecule has 0 atom stereocenters. The van der Waals surface area contributed by atoms with Gasteiger partial charge in [0.15, 0.2) is 0 Å². The van der Waals surface area contributed by atoms with Gasteiger partial charge in [0.1, 0.15) is 0 Å². The molecule has 5 nitrogen and oxygen atoms in total. The SMILES string of the molecule is COCCN(CCCN)S(=O)(=O)C1CC1. The molecule has 1 aliphatic rings. The largest absolute Gasteiger partial charge is 0.383 e. The summed E-state index contributed by atoms with van der Waals surface area (Å²) in [6.45, 7) is 1.91. The molecule has 0 aliphatic heterocycles. The number of nitrogens with two attached hydrogens (primary N) is 1. The molecule has 0 unspecified atom stereocenters. The van der Waals surface area contributed by atoms with Crippen molar-refractivity contribution in [3.8, 4) is 0 Å². The van der Waals surface area contributed by atoms with Crippen molar-refractivity contribution in [1.29, 1.82) is 0 Å². The van der Waals surface area contributed by atoms with Crippen molar-refractivity contribution < 1.29 is 13.2 Å². The third-order valence-electron chi connectivity index (χ3n) is 2.46. The molecule has 1 fully saturated rings. The number of sulfonamides is 1. The molecule has 0 aromatic carbocycles. The normalized spacial score (nSPS) is 17.3. The van der Waals surface area contributed by atoms with Gasteiger partial charge in [-0.2, -0.15) is 4.31 Å². The van der Waals surface area contributed by atoms with E-state index in [-0.39, 0.29) is 5.25 Å². The molecule has 6 heteroatoms. The van der Waals surface area contributed by atoms with E-state index in [1.807, 2.05) is 0 Å². The lowest BCUT2D eigenvalue weighted by molar-refractivity contribution is 0.178. The van der Waals surface area contributed by atoms with Gasteiger partial charge in [-0.05, 0) is 25.8 Å². The van der Waals surface area contributed by atoms with Crippen molar-refractivity contribution >= 4 is 10.0 Å². The molecule has 0 radical (unpaired) electrons. The summed E-state index contributed by atoms with van der Waals surface area (Å²) in [7, 11) is -1.50. The molecule has 0 bridgehead atoms. The van der Waals surface area contributed by atoms with E-state index in [4.69, 9.17) is 10.5 Å². The van der Waals surface area contributed by atoms with E-state index in [0.717, 1.165) is 12.8 Å². The van der Waals surface area contributed by atoms with Crippen molar-refractivity contribution in [3.05, 3.63) is 0 Å². The fourth-order valence-corrected chi connectivity index (χ4v) is 3.27. The lowest BCUT2D eigenvalue weighted by atomic mass is 10.4. The molecule has 90 valence electrons. The lowest BCUT2D eigenvalue weighted by Gasteiger charge is -2.21. The molecule has 0 aromatic heterocycles. The second-order valence-electron chi connectivity index (χ2n) is 3.78. The van der Waals surface area contributed by atoms with Crippen LogP contribution in [0, 0.1) is 0 Å². The number of nitrogens with zero attached hydrogens (tertiary/aromatic N) is 1. The van der Waals surface area contributed by atoms with Crippen molar-refractivity contribution in [2.24, 2.45) is 5.73 Å². The van der Waals surface area contributed by atoms with Gasteiger partial charge in [0.05, 0.1) is 11.9 Å². The van der Waals surface area contributed by atoms with Crippen LogP contribution in [0.15, 0.2) is 0 Å². The van der Waals surface area contributed by atoms with Gasteiger partial charge in [0, 0.05) is 20.2 Å². The van der Waals surface area contributed by atoms with Gasteiger partial charge in [-0.15, -0.1) is 0 Å². The molecule has 0 heterocycles. The topological polar surface area (TPSA) is 72.6 Å². The molecule has 2 N–H and O–H groups in total. The van der Waals surface area contributed by atoms with Crippen molar-refractivity contribution in [3.63, 3.8) is 0 Å². The third-order valence-corrected chi connectivity index (χ3v) is 4.86. The number of methoxy groups -OCH3 is 1. The summed E-state index contributed by atoms with van der Waals surface area (Å²) in [5.74, 6) is 0. The maximum Gasteiger partial charge on any atom is 0.217 e. The van der Waals surface area contributed by atoms with Crippen LogP contribution in [0.2, 0.25) is 0 Å². The summed E-state index contributed by atoms with van der Waals surface area (Å²) < 4.78 is 30.3. The van der Waals surface area contributed by atoms with Gasteiger partial charge in [0.25, 0.3) is 0 Å². The van der Waals surface area contributed by atoms with Crippen molar-refractivity contribution in [1.82, 2.24) is 4.31 Å². The van der Waals surface area contributed by atoms with E-state index in [0.29, 0.717) is 32.7 Å². The molecule has 0 aromatic rings. The van der Waals surface area contributed by atoms with Crippen LogP contribution in [0.1, 0.15) is 19.3 Å². The zero-order valence-corrected chi connectivity index (χ0v) is 10.0. The van der Waals surface area contributed by atoms with Crippen LogP contribution in [0.3, 0.4) is 0 Å². The summed E-state index contributed by atoms with van der Waals surface area (Å²) in [6, 6.07) is 0. The van der Waals surface area contributed by atoms with Crippen LogP contribution in [0.25, 0.3) is 0 Å². The summed E-state index contributed by atoms with van der Waals surface area (Å²) in [6.07, 6.45) is 2.30.